The molecule has 0 saturated carbocycles. The van der Waals surface area contributed by atoms with Crippen molar-refractivity contribution >= 4 is 33.6 Å². The minimum Gasteiger partial charge on any atom is -0.497 e. The van der Waals surface area contributed by atoms with Crippen LogP contribution in [0.25, 0.3) is 33.1 Å². The van der Waals surface area contributed by atoms with E-state index in [1.54, 1.807) is 18.9 Å². The van der Waals surface area contributed by atoms with Gasteiger partial charge in [-0.25, -0.2) is 4.98 Å². The first-order chi connectivity index (χ1) is 15.7. The van der Waals surface area contributed by atoms with E-state index >= 15 is 0 Å². The summed E-state index contributed by atoms with van der Waals surface area (Å²) in [7, 11) is 1.67. The fraction of sp³-hybridized carbons (Fsp3) is 0.148. The smallest absolute Gasteiger partial charge is 0.119 e. The molecule has 2 heterocycles. The molecule has 0 radical (unpaired) electrons. The van der Waals surface area contributed by atoms with E-state index in [4.69, 9.17) is 9.72 Å². The van der Waals surface area contributed by atoms with Crippen LogP contribution in [0.2, 0.25) is 0 Å². The number of aliphatic hydroxyl groups excluding tert-OH is 1. The molecule has 1 N–H and O–H groups in total. The van der Waals surface area contributed by atoms with Gasteiger partial charge < -0.3 is 14.4 Å². The van der Waals surface area contributed by atoms with Crippen molar-refractivity contribution in [2.75, 3.05) is 12.9 Å². The van der Waals surface area contributed by atoms with E-state index in [0.717, 1.165) is 38.3 Å². The third-order valence-corrected chi connectivity index (χ3v) is 6.76. The van der Waals surface area contributed by atoms with Gasteiger partial charge in [-0.05, 0) is 41.8 Å². The largest absolute Gasteiger partial charge is 0.497 e. The van der Waals surface area contributed by atoms with Crippen molar-refractivity contribution < 1.29 is 9.84 Å². The number of pyridine rings is 1. The van der Waals surface area contributed by atoms with Gasteiger partial charge in [-0.15, -0.1) is 11.8 Å². The Bertz CT molecular complexity index is 1380. The molecule has 0 aliphatic rings. The van der Waals surface area contributed by atoms with E-state index in [1.807, 2.05) is 60.8 Å². The quantitative estimate of drug-likeness (QED) is 0.315. The van der Waals surface area contributed by atoms with Crippen LogP contribution in [0.4, 0.5) is 0 Å². The van der Waals surface area contributed by atoms with Crippen LogP contribution in [0.1, 0.15) is 0 Å². The van der Waals surface area contributed by atoms with Gasteiger partial charge in [-0.2, -0.15) is 0 Å². The molecule has 5 heteroatoms. The summed E-state index contributed by atoms with van der Waals surface area (Å²) in [5.41, 5.74) is 4.00. The lowest BCUT2D eigenvalue weighted by molar-refractivity contribution is 0.180. The average Bonchev–Trinajstić information content (AvgIpc) is 3.25. The van der Waals surface area contributed by atoms with Gasteiger partial charge in [0.05, 0.1) is 24.4 Å². The number of ether oxygens (including phenoxy) is 1. The topological polar surface area (TPSA) is 47.3 Å². The number of hydrogen-bond donors (Lipinski definition) is 1. The number of rotatable bonds is 7. The van der Waals surface area contributed by atoms with Gasteiger partial charge >= 0.3 is 0 Å². The summed E-state index contributed by atoms with van der Waals surface area (Å²) in [5.74, 6) is 1.40. The molecule has 1 atom stereocenters. The highest BCUT2D eigenvalue weighted by molar-refractivity contribution is 7.99. The zero-order chi connectivity index (χ0) is 21.9. The number of aromatic nitrogens is 2. The average molecular weight is 441 g/mol. The lowest BCUT2D eigenvalue weighted by atomic mass is 10.1. The molecule has 4 nitrogen and oxygen atoms in total. The Balaban J connectivity index is 1.40. The molecule has 0 amide bonds. The van der Waals surface area contributed by atoms with E-state index in [-0.39, 0.29) is 0 Å². The molecule has 160 valence electrons. The number of aliphatic hydroxyl groups is 1. The second kappa shape index (κ2) is 9.07. The van der Waals surface area contributed by atoms with E-state index in [0.29, 0.717) is 12.3 Å². The van der Waals surface area contributed by atoms with E-state index < -0.39 is 6.10 Å². The van der Waals surface area contributed by atoms with Crippen LogP contribution in [-0.2, 0) is 6.54 Å². The Labute approximate surface area is 191 Å². The standard InChI is InChI=1S/C27H24N2O2S/c1-31-22-9-6-8-20(15-22)25-16-27(23-10-3-4-11-24(23)28-25)32-18-21(30)17-29-14-13-19-7-2-5-12-26(19)29/h2-16,21,30H,17-18H2,1H3. The Morgan fingerprint density at radius 3 is 2.72 bits per heavy atom. The third kappa shape index (κ3) is 4.22. The van der Waals surface area contributed by atoms with Crippen molar-refractivity contribution in [2.24, 2.45) is 0 Å². The van der Waals surface area contributed by atoms with Gasteiger partial charge in [-0.1, -0.05) is 48.5 Å². The first kappa shape index (κ1) is 20.6. The number of fused-ring (bicyclic) bond motifs is 2. The van der Waals surface area contributed by atoms with Gasteiger partial charge in [0.1, 0.15) is 5.75 Å². The Hall–Kier alpha value is -3.28. The van der Waals surface area contributed by atoms with Crippen molar-refractivity contribution in [3.8, 4) is 17.0 Å². The zero-order valence-corrected chi connectivity index (χ0v) is 18.6. The fourth-order valence-corrected chi connectivity index (χ4v) is 4.96. The van der Waals surface area contributed by atoms with Crippen LogP contribution < -0.4 is 4.74 Å². The van der Waals surface area contributed by atoms with Crippen molar-refractivity contribution in [2.45, 2.75) is 17.5 Å². The molecule has 0 aliphatic carbocycles. The van der Waals surface area contributed by atoms with Gasteiger partial charge in [-0.3, -0.25) is 0 Å². The zero-order valence-electron chi connectivity index (χ0n) is 17.8. The number of nitrogens with zero attached hydrogens (tertiary/aromatic N) is 2. The van der Waals surface area contributed by atoms with Crippen LogP contribution in [0.15, 0.2) is 96.0 Å². The van der Waals surface area contributed by atoms with Crippen molar-refractivity contribution in [3.63, 3.8) is 0 Å². The minimum atomic E-state index is -0.469. The highest BCUT2D eigenvalue weighted by Crippen LogP contribution is 2.33. The summed E-state index contributed by atoms with van der Waals surface area (Å²) in [5, 5.41) is 13.1. The Morgan fingerprint density at radius 1 is 0.969 bits per heavy atom. The van der Waals surface area contributed by atoms with E-state index in [2.05, 4.69) is 34.9 Å². The predicted octanol–water partition coefficient (Wildman–Crippen LogP) is 6.02. The first-order valence-corrected chi connectivity index (χ1v) is 11.6. The summed E-state index contributed by atoms with van der Waals surface area (Å²) in [6.45, 7) is 0.562. The molecule has 1 unspecified atom stereocenters. The maximum absolute atomic E-state index is 10.8. The highest BCUT2D eigenvalue weighted by Gasteiger charge is 2.13. The number of para-hydroxylation sites is 2. The predicted molar refractivity (Wildman–Crippen MR) is 132 cm³/mol. The van der Waals surface area contributed by atoms with Crippen molar-refractivity contribution in [1.29, 1.82) is 0 Å². The molecular formula is C27H24N2O2S. The molecule has 0 saturated heterocycles. The third-order valence-electron chi connectivity index (χ3n) is 5.56. The second-order valence-corrected chi connectivity index (χ2v) is 8.81. The summed E-state index contributed by atoms with van der Waals surface area (Å²) in [6.07, 6.45) is 1.57. The lowest BCUT2D eigenvalue weighted by Gasteiger charge is -2.14. The van der Waals surface area contributed by atoms with Crippen molar-refractivity contribution in [3.05, 3.63) is 91.1 Å². The maximum Gasteiger partial charge on any atom is 0.119 e. The summed E-state index contributed by atoms with van der Waals surface area (Å²) >= 11 is 1.67. The molecule has 0 spiro atoms. The Morgan fingerprint density at radius 2 is 1.81 bits per heavy atom. The van der Waals surface area contributed by atoms with Crippen LogP contribution in [0.3, 0.4) is 0 Å². The number of benzene rings is 3. The highest BCUT2D eigenvalue weighted by atomic mass is 32.2. The van der Waals surface area contributed by atoms with Crippen molar-refractivity contribution in [1.82, 2.24) is 9.55 Å². The molecule has 0 fully saturated rings. The summed E-state index contributed by atoms with van der Waals surface area (Å²) in [6, 6.07) is 28.6. The van der Waals surface area contributed by atoms with Crippen LogP contribution >= 0.6 is 11.8 Å². The number of hydrogen-bond acceptors (Lipinski definition) is 4. The first-order valence-electron chi connectivity index (χ1n) is 10.6. The van der Waals surface area contributed by atoms with E-state index in [9.17, 15) is 5.11 Å². The normalized spacial score (nSPS) is 12.3. The molecular weight excluding hydrogens is 416 g/mol. The molecule has 5 rings (SSSR count). The molecule has 3 aromatic carbocycles. The fourth-order valence-electron chi connectivity index (χ4n) is 3.96. The lowest BCUT2D eigenvalue weighted by Crippen LogP contribution is -2.17. The number of thioether (sulfide) groups is 1. The molecule has 0 aliphatic heterocycles. The van der Waals surface area contributed by atoms with Gasteiger partial charge in [0.25, 0.3) is 0 Å². The maximum atomic E-state index is 10.8. The molecule has 5 aromatic rings. The minimum absolute atomic E-state index is 0.469. The SMILES string of the molecule is COc1cccc(-c2cc(SCC(O)Cn3ccc4ccccc43)c3ccccc3n2)c1. The van der Waals surface area contributed by atoms with E-state index in [1.165, 1.54) is 5.39 Å². The molecule has 2 aromatic heterocycles. The van der Waals surface area contributed by atoms with Gasteiger partial charge in [0.15, 0.2) is 0 Å². The summed E-state index contributed by atoms with van der Waals surface area (Å²) in [4.78, 5) is 5.98. The van der Waals surface area contributed by atoms with Crippen LogP contribution in [0.5, 0.6) is 5.75 Å². The van der Waals surface area contributed by atoms with Crippen LogP contribution in [0, 0.1) is 0 Å². The second-order valence-electron chi connectivity index (χ2n) is 7.75. The van der Waals surface area contributed by atoms with Crippen LogP contribution in [-0.4, -0.2) is 33.6 Å². The monoisotopic (exact) mass is 440 g/mol. The van der Waals surface area contributed by atoms with Gasteiger partial charge in [0, 0.05) is 39.9 Å². The van der Waals surface area contributed by atoms with Gasteiger partial charge in [0.2, 0.25) is 0 Å². The Kier molecular flexibility index (Phi) is 5.84. The molecule has 0 bridgehead atoms. The molecule has 32 heavy (non-hydrogen) atoms. The summed E-state index contributed by atoms with van der Waals surface area (Å²) < 4.78 is 7.50. The number of methoxy groups -OCH3 is 1.